The van der Waals surface area contributed by atoms with Crippen molar-refractivity contribution >= 4 is 35.3 Å². The molecule has 19 heavy (non-hydrogen) atoms. The molecule has 0 fully saturated rings. The van der Waals surface area contributed by atoms with Crippen molar-refractivity contribution in [1.82, 2.24) is 9.98 Å². The molecule has 4 nitrogen and oxygen atoms in total. The van der Waals surface area contributed by atoms with Crippen LogP contribution in [0.5, 0.6) is 0 Å². The van der Waals surface area contributed by atoms with Gasteiger partial charge in [-0.2, -0.15) is 4.99 Å². The maximum absolute atomic E-state index is 5.95. The van der Waals surface area contributed by atoms with E-state index in [4.69, 9.17) is 11.6 Å². The number of benzene rings is 1. The number of rotatable bonds is 2. The first-order valence-corrected chi connectivity index (χ1v) is 6.44. The van der Waals surface area contributed by atoms with E-state index in [1.807, 2.05) is 30.3 Å². The molecule has 2 aliphatic rings. The summed E-state index contributed by atoms with van der Waals surface area (Å²) in [5.41, 5.74) is 2.08. The topological polar surface area (TPSA) is 50.9 Å². The Morgan fingerprint density at radius 1 is 1.42 bits per heavy atom. The first kappa shape index (κ1) is 11.9. The van der Waals surface area contributed by atoms with Crippen molar-refractivity contribution in [2.75, 3.05) is 0 Å². The molecule has 2 aliphatic heterocycles. The summed E-state index contributed by atoms with van der Waals surface area (Å²) in [5.74, 6) is 2.07. The summed E-state index contributed by atoms with van der Waals surface area (Å²) >= 11 is 5.95. The first-order chi connectivity index (χ1) is 9.24. The first-order valence-electron chi connectivity index (χ1n) is 6.06. The monoisotopic (exact) mass is 271 g/mol. The highest BCUT2D eigenvalue weighted by atomic mass is 35.5. The summed E-state index contributed by atoms with van der Waals surface area (Å²) in [4.78, 5) is 8.72. The van der Waals surface area contributed by atoms with E-state index in [1.165, 1.54) is 5.70 Å². The van der Waals surface area contributed by atoms with E-state index in [0.717, 1.165) is 17.8 Å². The zero-order valence-electron chi connectivity index (χ0n) is 10.4. The maximum atomic E-state index is 5.95. The van der Waals surface area contributed by atoms with Crippen molar-refractivity contribution in [3.63, 3.8) is 0 Å². The van der Waals surface area contributed by atoms with Crippen LogP contribution < -0.4 is 9.98 Å². The molecule has 0 spiro atoms. The van der Waals surface area contributed by atoms with Gasteiger partial charge >= 0.3 is 11.7 Å². The fourth-order valence-electron chi connectivity index (χ4n) is 1.80. The van der Waals surface area contributed by atoms with E-state index in [-0.39, 0.29) is 0 Å². The predicted molar refractivity (Wildman–Crippen MR) is 80.1 cm³/mol. The molecule has 1 aromatic carbocycles. The molecular formula is C14H12ClN4+. The Labute approximate surface area is 116 Å². The van der Waals surface area contributed by atoms with Gasteiger partial charge in [-0.1, -0.05) is 24.6 Å². The van der Waals surface area contributed by atoms with Gasteiger partial charge < -0.3 is 5.32 Å². The second-order valence-corrected chi connectivity index (χ2v) is 4.64. The smallest absolute Gasteiger partial charge is 0.343 e. The molecule has 0 bridgehead atoms. The predicted octanol–water partition coefficient (Wildman–Crippen LogP) is 1.93. The van der Waals surface area contributed by atoms with Gasteiger partial charge in [-0.3, -0.25) is 0 Å². The Balaban J connectivity index is 1.79. The average molecular weight is 272 g/mol. The molecule has 0 saturated heterocycles. The average Bonchev–Trinajstić information content (AvgIpc) is 2.82. The van der Waals surface area contributed by atoms with Crippen LogP contribution in [0.2, 0.25) is 5.02 Å². The molecule has 5 heteroatoms. The molecule has 0 unspecified atom stereocenters. The Morgan fingerprint density at radius 2 is 2.26 bits per heavy atom. The highest BCUT2D eigenvalue weighted by Crippen LogP contribution is 2.12. The van der Waals surface area contributed by atoms with Crippen LogP contribution in [0.15, 0.2) is 46.0 Å². The van der Waals surface area contributed by atoms with Gasteiger partial charge in [-0.15, -0.1) is 0 Å². The van der Waals surface area contributed by atoms with Crippen LogP contribution in [0.3, 0.4) is 0 Å². The van der Waals surface area contributed by atoms with Crippen molar-refractivity contribution in [2.45, 2.75) is 13.3 Å². The highest BCUT2D eigenvalue weighted by molar-refractivity contribution is 6.38. The van der Waals surface area contributed by atoms with Gasteiger partial charge in [0, 0.05) is 21.8 Å². The number of allylic oxidation sites excluding steroid dienone is 1. The van der Waals surface area contributed by atoms with Crippen molar-refractivity contribution in [2.24, 2.45) is 9.98 Å². The molecule has 2 heterocycles. The van der Waals surface area contributed by atoms with Gasteiger partial charge in [0.25, 0.3) is 6.21 Å². The number of amidine groups is 3. The van der Waals surface area contributed by atoms with Crippen LogP contribution in [0.4, 0.5) is 0 Å². The highest BCUT2D eigenvalue weighted by Gasteiger charge is 2.22. The quantitative estimate of drug-likeness (QED) is 0.821. The van der Waals surface area contributed by atoms with Gasteiger partial charge in [0.1, 0.15) is 5.84 Å². The number of hydrogen-bond donors (Lipinski definition) is 1. The number of nitrogens with zero attached hydrogens (tertiary/aromatic N) is 3. The third-order valence-corrected chi connectivity index (χ3v) is 3.06. The lowest BCUT2D eigenvalue weighted by atomic mass is 10.2. The van der Waals surface area contributed by atoms with Crippen LogP contribution in [0, 0.1) is 0 Å². The lowest BCUT2D eigenvalue weighted by molar-refractivity contribution is 0.942. The van der Waals surface area contributed by atoms with Crippen LogP contribution in [-0.2, 0) is 0 Å². The van der Waals surface area contributed by atoms with Crippen molar-refractivity contribution in [3.8, 4) is 0 Å². The minimum atomic E-state index is 0.601. The minimum absolute atomic E-state index is 0.601. The summed E-state index contributed by atoms with van der Waals surface area (Å²) < 4.78 is 4.25. The molecule has 0 aromatic heterocycles. The Hall–Kier alpha value is -2.16. The van der Waals surface area contributed by atoms with Crippen LogP contribution >= 0.6 is 11.6 Å². The van der Waals surface area contributed by atoms with Gasteiger partial charge in [0.05, 0.1) is 5.56 Å². The summed E-state index contributed by atoms with van der Waals surface area (Å²) in [6, 6.07) is 7.47. The SMILES string of the molecule is CCC1=CC(=NC2=NC(c3cccc(Cl)c3)=[N+]=C2)N1. The van der Waals surface area contributed by atoms with E-state index in [9.17, 15) is 0 Å². The molecule has 0 radical (unpaired) electrons. The van der Waals surface area contributed by atoms with Crippen LogP contribution in [0.25, 0.3) is 0 Å². The van der Waals surface area contributed by atoms with E-state index in [2.05, 4.69) is 26.9 Å². The van der Waals surface area contributed by atoms with Crippen LogP contribution in [0.1, 0.15) is 18.9 Å². The molecule has 0 atom stereocenters. The van der Waals surface area contributed by atoms with E-state index >= 15 is 0 Å². The van der Waals surface area contributed by atoms with Gasteiger partial charge in [-0.25, -0.2) is 4.67 Å². The normalized spacial score (nSPS) is 18.6. The largest absolute Gasteiger partial charge is 0.424 e. The number of aliphatic imine (C=N–C) groups is 2. The standard InChI is InChI=1S/C14H11ClN4/c1-2-11-7-12(17-11)18-13-8-16-14(19-13)9-4-3-5-10(15)6-9/h3-8H,2H2,1H3/p+1. The Morgan fingerprint density at radius 3 is 3.00 bits per heavy atom. The summed E-state index contributed by atoms with van der Waals surface area (Å²) in [7, 11) is 0. The molecular weight excluding hydrogens is 260 g/mol. The molecule has 3 rings (SSSR count). The lowest BCUT2D eigenvalue weighted by Crippen LogP contribution is -2.31. The minimum Gasteiger partial charge on any atom is -0.343 e. The third kappa shape index (κ3) is 2.50. The van der Waals surface area contributed by atoms with Crippen LogP contribution in [-0.4, -0.2) is 23.7 Å². The summed E-state index contributed by atoms with van der Waals surface area (Å²) in [6.07, 6.45) is 4.65. The molecule has 0 saturated carbocycles. The van der Waals surface area contributed by atoms with Gasteiger partial charge in [0.15, 0.2) is 0 Å². The molecule has 1 aromatic rings. The zero-order chi connectivity index (χ0) is 13.2. The van der Waals surface area contributed by atoms with Gasteiger partial charge in [0.2, 0.25) is 0 Å². The fourth-order valence-corrected chi connectivity index (χ4v) is 1.99. The van der Waals surface area contributed by atoms with Crippen molar-refractivity contribution < 1.29 is 0 Å². The van der Waals surface area contributed by atoms with Crippen molar-refractivity contribution in [1.29, 1.82) is 0 Å². The van der Waals surface area contributed by atoms with Crippen molar-refractivity contribution in [3.05, 3.63) is 46.6 Å². The Bertz CT molecular complexity index is 691. The summed E-state index contributed by atoms with van der Waals surface area (Å²) in [5, 5.41) is 3.83. The lowest BCUT2D eigenvalue weighted by Gasteiger charge is -2.17. The number of hydrogen-bond acceptors (Lipinski definition) is 2. The maximum Gasteiger partial charge on any atom is 0.424 e. The molecule has 94 valence electrons. The van der Waals surface area contributed by atoms with Gasteiger partial charge in [-0.05, 0) is 24.6 Å². The Kier molecular flexibility index (Phi) is 3.03. The number of nitrogens with one attached hydrogen (secondary N) is 1. The molecule has 0 aliphatic carbocycles. The zero-order valence-corrected chi connectivity index (χ0v) is 11.1. The van der Waals surface area contributed by atoms with E-state index in [1.54, 1.807) is 6.21 Å². The fraction of sp³-hybridized carbons (Fsp3) is 0.143. The summed E-state index contributed by atoms with van der Waals surface area (Å²) in [6.45, 7) is 2.09. The molecule has 0 amide bonds. The second kappa shape index (κ2) is 4.84. The van der Waals surface area contributed by atoms with E-state index < -0.39 is 0 Å². The number of halogens is 1. The second-order valence-electron chi connectivity index (χ2n) is 4.21. The molecule has 1 N–H and O–H groups in total. The third-order valence-electron chi connectivity index (χ3n) is 2.82. The van der Waals surface area contributed by atoms with E-state index in [0.29, 0.717) is 16.7 Å².